The van der Waals surface area contributed by atoms with Gasteiger partial charge in [0.1, 0.15) is 11.5 Å². The Bertz CT molecular complexity index is 549. The van der Waals surface area contributed by atoms with Gasteiger partial charge in [-0.1, -0.05) is 12.1 Å². The van der Waals surface area contributed by atoms with Gasteiger partial charge >= 0.3 is 0 Å². The van der Waals surface area contributed by atoms with Crippen LogP contribution >= 0.6 is 0 Å². The summed E-state index contributed by atoms with van der Waals surface area (Å²) in [4.78, 5) is 0. The van der Waals surface area contributed by atoms with E-state index in [1.54, 1.807) is 18.2 Å². The average molecular weight is 234 g/mol. The third-order valence-corrected chi connectivity index (χ3v) is 2.56. The molecule has 0 unspecified atom stereocenters. The molecule has 0 heterocycles. The number of methoxy groups -OCH3 is 1. The Hall–Kier alpha value is -2.10. The molecule has 2 N–H and O–H groups in total. The highest BCUT2D eigenvalue weighted by Gasteiger charge is 2.14. The van der Waals surface area contributed by atoms with Crippen LogP contribution in [0.3, 0.4) is 0 Å². The summed E-state index contributed by atoms with van der Waals surface area (Å²) in [6, 6.07) is 6.57. The Labute approximate surface area is 99.0 Å². The van der Waals surface area contributed by atoms with Gasteiger partial charge in [-0.05, 0) is 13.0 Å². The lowest BCUT2D eigenvalue weighted by Crippen LogP contribution is -1.93. The van der Waals surface area contributed by atoms with Crippen LogP contribution in [0, 0.1) is 0 Å². The molecule has 0 saturated heterocycles. The smallest absolute Gasteiger partial charge is 0.166 e. The minimum absolute atomic E-state index is 0.0125. The highest BCUT2D eigenvalue weighted by molar-refractivity contribution is 5.99. The lowest BCUT2D eigenvalue weighted by Gasteiger charge is -2.12. The molecule has 0 bridgehead atoms. The van der Waals surface area contributed by atoms with E-state index in [1.807, 2.05) is 6.92 Å². The van der Waals surface area contributed by atoms with Crippen LogP contribution in [0.2, 0.25) is 0 Å². The predicted molar refractivity (Wildman–Crippen MR) is 65.0 cm³/mol. The first kappa shape index (κ1) is 11.4. The summed E-state index contributed by atoms with van der Waals surface area (Å²) in [5.41, 5.74) is 0. The summed E-state index contributed by atoms with van der Waals surface area (Å²) >= 11 is 0. The van der Waals surface area contributed by atoms with Crippen LogP contribution in [-0.4, -0.2) is 23.9 Å². The Morgan fingerprint density at radius 1 is 1.18 bits per heavy atom. The van der Waals surface area contributed by atoms with E-state index in [-0.39, 0.29) is 17.2 Å². The largest absolute Gasteiger partial charge is 0.507 e. The molecule has 0 saturated carbocycles. The molecule has 0 aromatic heterocycles. The second kappa shape index (κ2) is 4.41. The van der Waals surface area contributed by atoms with Crippen LogP contribution in [-0.2, 0) is 0 Å². The standard InChI is InChI=1S/C13H14O4/c1-3-17-11-7-9(14)12-8(13(11)15)5-4-6-10(12)16-2/h4-7,14-15H,3H2,1-2H3. The van der Waals surface area contributed by atoms with E-state index in [4.69, 9.17) is 9.47 Å². The molecule has 0 atom stereocenters. The quantitative estimate of drug-likeness (QED) is 0.801. The Morgan fingerprint density at radius 3 is 2.59 bits per heavy atom. The molecular weight excluding hydrogens is 220 g/mol. The molecule has 0 amide bonds. The third-order valence-electron chi connectivity index (χ3n) is 2.56. The van der Waals surface area contributed by atoms with E-state index in [0.717, 1.165) is 0 Å². The van der Waals surface area contributed by atoms with Crippen LogP contribution in [0.1, 0.15) is 6.92 Å². The van der Waals surface area contributed by atoms with Crippen molar-refractivity contribution < 1.29 is 19.7 Å². The van der Waals surface area contributed by atoms with Gasteiger partial charge in [0.2, 0.25) is 0 Å². The second-order valence-electron chi connectivity index (χ2n) is 3.56. The molecule has 2 rings (SSSR count). The number of aromatic hydroxyl groups is 2. The van der Waals surface area contributed by atoms with E-state index >= 15 is 0 Å². The van der Waals surface area contributed by atoms with Crippen molar-refractivity contribution in [1.82, 2.24) is 0 Å². The molecule has 4 heteroatoms. The zero-order valence-electron chi connectivity index (χ0n) is 9.73. The normalized spacial score (nSPS) is 10.5. The third kappa shape index (κ3) is 1.82. The maximum absolute atomic E-state index is 10.0. The number of phenols is 2. The summed E-state index contributed by atoms with van der Waals surface area (Å²) in [7, 11) is 1.52. The summed E-state index contributed by atoms with van der Waals surface area (Å²) in [5, 5.41) is 21.0. The first-order chi connectivity index (χ1) is 8.19. The first-order valence-electron chi connectivity index (χ1n) is 5.33. The van der Waals surface area contributed by atoms with Crippen LogP contribution < -0.4 is 9.47 Å². The van der Waals surface area contributed by atoms with Gasteiger partial charge in [-0.15, -0.1) is 0 Å². The molecular formula is C13H14O4. The van der Waals surface area contributed by atoms with Gasteiger partial charge in [-0.25, -0.2) is 0 Å². The zero-order valence-corrected chi connectivity index (χ0v) is 9.73. The minimum Gasteiger partial charge on any atom is -0.507 e. The van der Waals surface area contributed by atoms with Gasteiger partial charge in [-0.2, -0.15) is 0 Å². The summed E-state index contributed by atoms with van der Waals surface area (Å²) in [5.74, 6) is 0.821. The molecule has 0 radical (unpaired) electrons. The fourth-order valence-corrected chi connectivity index (χ4v) is 1.83. The fourth-order valence-electron chi connectivity index (χ4n) is 1.83. The van der Waals surface area contributed by atoms with E-state index in [2.05, 4.69) is 0 Å². The number of phenolic OH excluding ortho intramolecular Hbond substituents is 2. The van der Waals surface area contributed by atoms with Crippen molar-refractivity contribution in [3.05, 3.63) is 24.3 Å². The van der Waals surface area contributed by atoms with Crippen LogP contribution in [0.25, 0.3) is 10.8 Å². The van der Waals surface area contributed by atoms with Crippen LogP contribution in [0.4, 0.5) is 0 Å². The lowest BCUT2D eigenvalue weighted by molar-refractivity contribution is 0.317. The lowest BCUT2D eigenvalue weighted by atomic mass is 10.1. The molecule has 0 spiro atoms. The molecule has 0 aliphatic heterocycles. The van der Waals surface area contributed by atoms with Crippen LogP contribution in [0.15, 0.2) is 24.3 Å². The summed E-state index contributed by atoms with van der Waals surface area (Å²) < 4.78 is 10.4. The highest BCUT2D eigenvalue weighted by Crippen LogP contribution is 2.43. The molecule has 17 heavy (non-hydrogen) atoms. The van der Waals surface area contributed by atoms with Gasteiger partial charge in [0.15, 0.2) is 11.5 Å². The van der Waals surface area contributed by atoms with E-state index in [1.165, 1.54) is 13.2 Å². The van der Waals surface area contributed by atoms with Crippen LogP contribution in [0.5, 0.6) is 23.0 Å². The number of hydrogen-bond donors (Lipinski definition) is 2. The fraction of sp³-hybridized carbons (Fsp3) is 0.231. The van der Waals surface area contributed by atoms with Gasteiger partial charge in [0.05, 0.1) is 19.1 Å². The highest BCUT2D eigenvalue weighted by atomic mass is 16.5. The Kier molecular flexibility index (Phi) is 2.95. The maximum Gasteiger partial charge on any atom is 0.166 e. The molecule has 0 aliphatic carbocycles. The Balaban J connectivity index is 2.77. The molecule has 4 nitrogen and oxygen atoms in total. The van der Waals surface area contributed by atoms with Crippen molar-refractivity contribution in [1.29, 1.82) is 0 Å². The monoisotopic (exact) mass is 234 g/mol. The Morgan fingerprint density at radius 2 is 1.94 bits per heavy atom. The van der Waals surface area contributed by atoms with Crippen molar-refractivity contribution in [2.24, 2.45) is 0 Å². The average Bonchev–Trinajstić information content (AvgIpc) is 2.35. The number of rotatable bonds is 3. The molecule has 2 aromatic rings. The number of fused-ring (bicyclic) bond motifs is 1. The van der Waals surface area contributed by atoms with E-state index in [9.17, 15) is 10.2 Å². The van der Waals surface area contributed by atoms with Crippen molar-refractivity contribution in [2.45, 2.75) is 6.92 Å². The van der Waals surface area contributed by atoms with Crippen molar-refractivity contribution >= 4 is 10.8 Å². The predicted octanol–water partition coefficient (Wildman–Crippen LogP) is 2.66. The molecule has 0 fully saturated rings. The number of hydrogen-bond acceptors (Lipinski definition) is 4. The topological polar surface area (TPSA) is 58.9 Å². The molecule has 90 valence electrons. The van der Waals surface area contributed by atoms with Gasteiger partial charge in [-0.3, -0.25) is 0 Å². The molecule has 0 aliphatic rings. The van der Waals surface area contributed by atoms with Gasteiger partial charge < -0.3 is 19.7 Å². The summed E-state index contributed by atoms with van der Waals surface area (Å²) in [6.07, 6.45) is 0. The SMILES string of the molecule is CCOc1cc(O)c2c(OC)cccc2c1O. The second-order valence-corrected chi connectivity index (χ2v) is 3.56. The first-order valence-corrected chi connectivity index (χ1v) is 5.33. The number of benzene rings is 2. The number of ether oxygens (including phenoxy) is 2. The van der Waals surface area contributed by atoms with Crippen molar-refractivity contribution in [3.63, 3.8) is 0 Å². The van der Waals surface area contributed by atoms with E-state index < -0.39 is 0 Å². The van der Waals surface area contributed by atoms with E-state index in [0.29, 0.717) is 23.1 Å². The van der Waals surface area contributed by atoms with Crippen molar-refractivity contribution in [3.8, 4) is 23.0 Å². The minimum atomic E-state index is 0.0125. The van der Waals surface area contributed by atoms with Crippen molar-refractivity contribution in [2.75, 3.05) is 13.7 Å². The molecule has 2 aromatic carbocycles. The zero-order chi connectivity index (χ0) is 12.4. The maximum atomic E-state index is 10.0. The van der Waals surface area contributed by atoms with Gasteiger partial charge in [0.25, 0.3) is 0 Å². The van der Waals surface area contributed by atoms with Gasteiger partial charge in [0, 0.05) is 11.5 Å². The summed E-state index contributed by atoms with van der Waals surface area (Å²) in [6.45, 7) is 2.23.